The Kier molecular flexibility index (Phi) is 8.06. The quantitative estimate of drug-likeness (QED) is 0.445. The lowest BCUT2D eigenvalue weighted by atomic mass is 9.57. The van der Waals surface area contributed by atoms with E-state index >= 15 is 0 Å². The van der Waals surface area contributed by atoms with Crippen molar-refractivity contribution in [2.24, 2.45) is 5.92 Å². The molecule has 0 spiro atoms. The molecule has 1 saturated carbocycles. The molecule has 2 aromatic carbocycles. The predicted molar refractivity (Wildman–Crippen MR) is 137 cm³/mol. The molecule has 3 unspecified atom stereocenters. The van der Waals surface area contributed by atoms with Gasteiger partial charge in [-0.2, -0.15) is 0 Å². The molecule has 1 aliphatic heterocycles. The van der Waals surface area contributed by atoms with E-state index in [9.17, 15) is 9.59 Å². The molecule has 35 heavy (non-hydrogen) atoms. The number of hydrogen-bond acceptors (Lipinski definition) is 5. The summed E-state index contributed by atoms with van der Waals surface area (Å²) >= 11 is 12.1. The number of ether oxygens (including phenoxy) is 2. The first-order chi connectivity index (χ1) is 16.7. The SMILES string of the molecule is COC1C[C@@H](NC(=O)Cc2ccc(Cl)c(Cl)c2)CC2(c3cccc(OC(C)=O)c3)CCN(C)CC12. The maximum absolute atomic E-state index is 13.0. The lowest BCUT2D eigenvalue weighted by Gasteiger charge is -2.55. The zero-order chi connectivity index (χ0) is 25.2. The highest BCUT2D eigenvalue weighted by molar-refractivity contribution is 6.42. The van der Waals surface area contributed by atoms with E-state index in [2.05, 4.69) is 23.3 Å². The number of esters is 1. The van der Waals surface area contributed by atoms with Gasteiger partial charge in [0.1, 0.15) is 5.75 Å². The van der Waals surface area contributed by atoms with Crippen LogP contribution in [0.5, 0.6) is 5.75 Å². The average molecular weight is 519 g/mol. The molecule has 0 radical (unpaired) electrons. The number of carbonyl (C=O) groups excluding carboxylic acids is 2. The number of hydrogen-bond donors (Lipinski definition) is 1. The minimum Gasteiger partial charge on any atom is -0.427 e. The third kappa shape index (κ3) is 5.83. The Balaban J connectivity index is 1.60. The van der Waals surface area contributed by atoms with Gasteiger partial charge in [-0.25, -0.2) is 0 Å². The maximum atomic E-state index is 13.0. The van der Waals surface area contributed by atoms with Crippen molar-refractivity contribution in [1.82, 2.24) is 10.2 Å². The molecule has 1 aliphatic carbocycles. The fourth-order valence-corrected chi connectivity index (χ4v) is 6.19. The van der Waals surface area contributed by atoms with Crippen LogP contribution in [-0.2, 0) is 26.2 Å². The summed E-state index contributed by atoms with van der Waals surface area (Å²) in [6, 6.07) is 13.0. The van der Waals surface area contributed by atoms with Crippen molar-refractivity contribution in [2.75, 3.05) is 27.2 Å². The van der Waals surface area contributed by atoms with Crippen molar-refractivity contribution in [3.63, 3.8) is 0 Å². The highest BCUT2D eigenvalue weighted by Crippen LogP contribution is 2.50. The number of methoxy groups -OCH3 is 1. The van der Waals surface area contributed by atoms with E-state index in [1.165, 1.54) is 6.92 Å². The fourth-order valence-electron chi connectivity index (χ4n) is 5.87. The molecule has 188 valence electrons. The first-order valence-corrected chi connectivity index (χ1v) is 12.7. The highest BCUT2D eigenvalue weighted by atomic mass is 35.5. The van der Waals surface area contributed by atoms with Crippen molar-refractivity contribution >= 4 is 35.1 Å². The van der Waals surface area contributed by atoms with Crippen LogP contribution in [0.1, 0.15) is 37.3 Å². The molecule has 1 N–H and O–H groups in total. The monoisotopic (exact) mass is 518 g/mol. The van der Waals surface area contributed by atoms with Gasteiger partial charge in [0.2, 0.25) is 5.91 Å². The van der Waals surface area contributed by atoms with E-state index in [0.717, 1.165) is 43.5 Å². The van der Waals surface area contributed by atoms with Gasteiger partial charge in [0.25, 0.3) is 0 Å². The summed E-state index contributed by atoms with van der Waals surface area (Å²) < 4.78 is 11.4. The van der Waals surface area contributed by atoms with E-state index < -0.39 is 0 Å². The molecule has 1 amide bonds. The van der Waals surface area contributed by atoms with Gasteiger partial charge in [-0.1, -0.05) is 41.4 Å². The highest BCUT2D eigenvalue weighted by Gasteiger charge is 2.52. The van der Waals surface area contributed by atoms with Crippen LogP contribution < -0.4 is 10.1 Å². The van der Waals surface area contributed by atoms with Crippen LogP contribution in [0.4, 0.5) is 0 Å². The van der Waals surface area contributed by atoms with Crippen molar-refractivity contribution in [2.45, 2.75) is 50.2 Å². The summed E-state index contributed by atoms with van der Waals surface area (Å²) in [4.78, 5) is 26.9. The van der Waals surface area contributed by atoms with Gasteiger partial charge in [-0.15, -0.1) is 0 Å². The number of nitrogens with zero attached hydrogens (tertiary/aromatic N) is 1. The van der Waals surface area contributed by atoms with Crippen LogP contribution in [0.15, 0.2) is 42.5 Å². The molecule has 1 saturated heterocycles. The Morgan fingerprint density at radius 3 is 2.69 bits per heavy atom. The van der Waals surface area contributed by atoms with Crippen LogP contribution in [-0.4, -0.2) is 56.2 Å². The summed E-state index contributed by atoms with van der Waals surface area (Å²) in [5.74, 6) is 0.396. The van der Waals surface area contributed by atoms with Crippen molar-refractivity contribution in [3.05, 3.63) is 63.6 Å². The zero-order valence-corrected chi connectivity index (χ0v) is 21.9. The summed E-state index contributed by atoms with van der Waals surface area (Å²) in [6.07, 6.45) is 2.68. The van der Waals surface area contributed by atoms with E-state index in [1.54, 1.807) is 25.3 Å². The number of halogens is 2. The molecule has 1 heterocycles. The third-order valence-electron chi connectivity index (χ3n) is 7.42. The van der Waals surface area contributed by atoms with Gasteiger partial charge < -0.3 is 19.7 Å². The van der Waals surface area contributed by atoms with E-state index in [4.69, 9.17) is 32.7 Å². The zero-order valence-electron chi connectivity index (χ0n) is 20.4. The Hall–Kier alpha value is -2.12. The largest absolute Gasteiger partial charge is 0.427 e. The van der Waals surface area contributed by atoms with Gasteiger partial charge in [0, 0.05) is 38.0 Å². The predicted octanol–water partition coefficient (Wildman–Crippen LogP) is 4.64. The van der Waals surface area contributed by atoms with Crippen LogP contribution >= 0.6 is 23.2 Å². The van der Waals surface area contributed by atoms with Crippen molar-refractivity contribution in [1.29, 1.82) is 0 Å². The first kappa shape index (κ1) is 26.0. The Labute approximate surface area is 216 Å². The summed E-state index contributed by atoms with van der Waals surface area (Å²) in [7, 11) is 3.89. The minimum absolute atomic E-state index is 0.0147. The van der Waals surface area contributed by atoms with E-state index in [1.807, 2.05) is 18.2 Å². The second-order valence-electron chi connectivity index (χ2n) is 9.80. The maximum Gasteiger partial charge on any atom is 0.308 e. The average Bonchev–Trinajstić information content (AvgIpc) is 2.81. The Morgan fingerprint density at radius 1 is 1.17 bits per heavy atom. The van der Waals surface area contributed by atoms with Crippen molar-refractivity contribution in [3.8, 4) is 5.75 Å². The van der Waals surface area contributed by atoms with Crippen LogP contribution in [0.2, 0.25) is 10.0 Å². The van der Waals surface area contributed by atoms with Gasteiger partial charge in [0.15, 0.2) is 0 Å². The smallest absolute Gasteiger partial charge is 0.308 e. The molecular weight excluding hydrogens is 487 g/mol. The molecule has 4 rings (SSSR count). The molecule has 2 aromatic rings. The Bertz CT molecular complexity index is 1090. The molecule has 8 heteroatoms. The normalized spacial score (nSPS) is 26.6. The van der Waals surface area contributed by atoms with Gasteiger partial charge in [-0.05, 0) is 68.2 Å². The van der Waals surface area contributed by atoms with Gasteiger partial charge in [-0.3, -0.25) is 9.59 Å². The third-order valence-corrected chi connectivity index (χ3v) is 8.16. The molecule has 4 atom stereocenters. The fraction of sp³-hybridized carbons (Fsp3) is 0.481. The van der Waals surface area contributed by atoms with Gasteiger partial charge >= 0.3 is 5.97 Å². The second kappa shape index (κ2) is 10.9. The van der Waals surface area contributed by atoms with Crippen LogP contribution in [0, 0.1) is 5.92 Å². The topological polar surface area (TPSA) is 67.9 Å². The standard InChI is InChI=1S/C27H32Cl2N2O4/c1-17(32)35-21-6-4-5-19(13-21)27-9-10-31(2)16-22(27)25(34-3)14-20(15-27)30-26(33)12-18-7-8-23(28)24(29)11-18/h4-8,11,13,20,22,25H,9-10,12,14-16H2,1-3H3,(H,30,33)/t20-,22?,25?,27?/m1/s1. The summed E-state index contributed by atoms with van der Waals surface area (Å²) in [6.45, 7) is 3.25. The number of rotatable bonds is 6. The Morgan fingerprint density at radius 2 is 1.97 bits per heavy atom. The van der Waals surface area contributed by atoms with E-state index in [0.29, 0.717) is 15.8 Å². The van der Waals surface area contributed by atoms with Crippen LogP contribution in [0.3, 0.4) is 0 Å². The first-order valence-electron chi connectivity index (χ1n) is 11.9. The molecule has 2 fully saturated rings. The molecule has 0 bridgehead atoms. The number of amides is 1. The molecule has 2 aliphatic rings. The number of carbonyl (C=O) groups is 2. The summed E-state index contributed by atoms with van der Waals surface area (Å²) in [5.41, 5.74) is 1.74. The van der Waals surface area contributed by atoms with Gasteiger partial charge in [0.05, 0.1) is 22.6 Å². The van der Waals surface area contributed by atoms with E-state index in [-0.39, 0.29) is 41.8 Å². The minimum atomic E-state index is -0.342. The number of piperidine rings is 1. The summed E-state index contributed by atoms with van der Waals surface area (Å²) in [5, 5.41) is 4.17. The lowest BCUT2D eigenvalue weighted by Crippen LogP contribution is -2.60. The number of benzene rings is 2. The number of likely N-dealkylation sites (tertiary alicyclic amines) is 1. The molecular formula is C27H32Cl2N2O4. The molecule has 0 aromatic heterocycles. The van der Waals surface area contributed by atoms with Crippen LogP contribution in [0.25, 0.3) is 0 Å². The van der Waals surface area contributed by atoms with Crippen molar-refractivity contribution < 1.29 is 19.1 Å². The molecule has 6 nitrogen and oxygen atoms in total. The number of nitrogens with one attached hydrogen (secondary N) is 1. The number of fused-ring (bicyclic) bond motifs is 1. The second-order valence-corrected chi connectivity index (χ2v) is 10.6. The lowest BCUT2D eigenvalue weighted by molar-refractivity contribution is -0.132.